The molecule has 168 valence electrons. The number of nitro groups is 1. The van der Waals surface area contributed by atoms with Gasteiger partial charge < -0.3 is 9.80 Å². The molecule has 4 rings (SSSR count). The van der Waals surface area contributed by atoms with E-state index in [1.165, 1.54) is 25.1 Å². The molecule has 0 aliphatic carbocycles. The smallest absolute Gasteiger partial charge is 0.270 e. The summed E-state index contributed by atoms with van der Waals surface area (Å²) < 4.78 is 14.5. The maximum atomic E-state index is 14.5. The molecule has 33 heavy (non-hydrogen) atoms. The van der Waals surface area contributed by atoms with Gasteiger partial charge >= 0.3 is 0 Å². The van der Waals surface area contributed by atoms with Crippen LogP contribution in [0.5, 0.6) is 0 Å². The van der Waals surface area contributed by atoms with E-state index in [0.29, 0.717) is 43.0 Å². The Hall–Kier alpha value is -4.07. The van der Waals surface area contributed by atoms with E-state index in [2.05, 4.69) is 0 Å². The van der Waals surface area contributed by atoms with Crippen LogP contribution in [0.3, 0.4) is 0 Å². The van der Waals surface area contributed by atoms with Gasteiger partial charge in [-0.3, -0.25) is 19.7 Å². The lowest BCUT2D eigenvalue weighted by Crippen LogP contribution is -2.49. The maximum absolute atomic E-state index is 14.5. The molecule has 3 aromatic rings. The molecule has 0 aromatic heterocycles. The number of rotatable bonds is 5. The van der Waals surface area contributed by atoms with Gasteiger partial charge in [0.25, 0.3) is 11.6 Å². The van der Waals surface area contributed by atoms with Crippen molar-refractivity contribution >= 4 is 23.1 Å². The fourth-order valence-electron chi connectivity index (χ4n) is 4.00. The molecule has 1 saturated heterocycles. The second kappa shape index (κ2) is 9.20. The molecular weight excluding hydrogens is 425 g/mol. The molecule has 7 nitrogen and oxygen atoms in total. The standard InChI is InChI=1S/C25H22FN3O4/c1-17(30)19-7-10-24(23(26)15-19)27-11-13-28(14-12-27)25(31)22-16-20(29(32)33)8-9-21(22)18-5-3-2-4-6-18/h2-10,15-16H,11-14H2,1H3. The first-order valence-corrected chi connectivity index (χ1v) is 10.5. The average molecular weight is 447 g/mol. The third kappa shape index (κ3) is 4.59. The van der Waals surface area contributed by atoms with Gasteiger partial charge in [0.2, 0.25) is 0 Å². The summed E-state index contributed by atoms with van der Waals surface area (Å²) in [5, 5.41) is 11.3. The van der Waals surface area contributed by atoms with Crippen molar-refractivity contribution in [2.24, 2.45) is 0 Å². The molecule has 0 unspecified atom stereocenters. The summed E-state index contributed by atoms with van der Waals surface area (Å²) in [6.45, 7) is 2.86. The number of hydrogen-bond donors (Lipinski definition) is 0. The van der Waals surface area contributed by atoms with E-state index in [-0.39, 0.29) is 22.9 Å². The Morgan fingerprint density at radius 2 is 1.64 bits per heavy atom. The minimum atomic E-state index is -0.517. The third-order valence-corrected chi connectivity index (χ3v) is 5.79. The maximum Gasteiger partial charge on any atom is 0.270 e. The number of carbonyl (C=O) groups excluding carboxylic acids is 2. The zero-order valence-electron chi connectivity index (χ0n) is 18.0. The number of nitro benzene ring substituents is 1. The van der Waals surface area contributed by atoms with Gasteiger partial charge in [-0.1, -0.05) is 30.3 Å². The molecule has 3 aromatic carbocycles. The summed E-state index contributed by atoms with van der Waals surface area (Å²) in [5.41, 5.74) is 2.23. The molecule has 0 radical (unpaired) electrons. The van der Waals surface area contributed by atoms with Gasteiger partial charge in [-0.15, -0.1) is 0 Å². The zero-order chi connectivity index (χ0) is 23.5. The summed E-state index contributed by atoms with van der Waals surface area (Å²) >= 11 is 0. The van der Waals surface area contributed by atoms with E-state index in [9.17, 15) is 24.1 Å². The highest BCUT2D eigenvalue weighted by Gasteiger charge is 2.27. The lowest BCUT2D eigenvalue weighted by Gasteiger charge is -2.36. The van der Waals surface area contributed by atoms with Gasteiger partial charge in [0, 0.05) is 43.9 Å². The molecule has 0 bridgehead atoms. The fraction of sp³-hybridized carbons (Fsp3) is 0.200. The largest absolute Gasteiger partial charge is 0.366 e. The molecule has 0 atom stereocenters. The van der Waals surface area contributed by atoms with Crippen LogP contribution in [0.25, 0.3) is 11.1 Å². The van der Waals surface area contributed by atoms with E-state index in [4.69, 9.17) is 0 Å². The Morgan fingerprint density at radius 1 is 0.939 bits per heavy atom. The van der Waals surface area contributed by atoms with Crippen LogP contribution in [0.2, 0.25) is 0 Å². The predicted octanol–water partition coefficient (Wildman–Crippen LogP) is 4.57. The van der Waals surface area contributed by atoms with Crippen LogP contribution in [0, 0.1) is 15.9 Å². The quantitative estimate of drug-likeness (QED) is 0.325. The number of benzene rings is 3. The summed E-state index contributed by atoms with van der Waals surface area (Å²) in [5.74, 6) is -0.987. The number of amides is 1. The van der Waals surface area contributed by atoms with Gasteiger partial charge in [-0.25, -0.2) is 4.39 Å². The second-order valence-corrected chi connectivity index (χ2v) is 7.85. The fourth-order valence-corrected chi connectivity index (χ4v) is 4.00. The molecule has 0 spiro atoms. The van der Waals surface area contributed by atoms with E-state index in [0.717, 1.165) is 5.56 Å². The number of halogens is 1. The zero-order valence-corrected chi connectivity index (χ0v) is 18.0. The first-order valence-electron chi connectivity index (χ1n) is 10.5. The number of carbonyl (C=O) groups is 2. The number of non-ortho nitro benzene ring substituents is 1. The Balaban J connectivity index is 1.56. The van der Waals surface area contributed by atoms with Crippen molar-refractivity contribution in [1.82, 2.24) is 4.90 Å². The van der Waals surface area contributed by atoms with E-state index in [1.54, 1.807) is 23.1 Å². The molecule has 1 aliphatic heterocycles. The van der Waals surface area contributed by atoms with Crippen LogP contribution in [-0.2, 0) is 0 Å². The first kappa shape index (κ1) is 22.1. The summed E-state index contributed by atoms with van der Waals surface area (Å²) in [4.78, 5) is 39.1. The van der Waals surface area contributed by atoms with Crippen LogP contribution in [0.4, 0.5) is 15.8 Å². The van der Waals surface area contributed by atoms with Crippen LogP contribution >= 0.6 is 0 Å². The Kier molecular flexibility index (Phi) is 6.17. The van der Waals surface area contributed by atoms with E-state index < -0.39 is 10.7 Å². The van der Waals surface area contributed by atoms with E-state index in [1.807, 2.05) is 35.2 Å². The Bertz CT molecular complexity index is 1220. The van der Waals surface area contributed by atoms with Crippen molar-refractivity contribution in [3.63, 3.8) is 0 Å². The summed E-state index contributed by atoms with van der Waals surface area (Å²) in [7, 11) is 0. The van der Waals surface area contributed by atoms with E-state index >= 15 is 0 Å². The minimum Gasteiger partial charge on any atom is -0.366 e. The lowest BCUT2D eigenvalue weighted by atomic mass is 9.98. The number of hydrogen-bond acceptors (Lipinski definition) is 5. The van der Waals surface area contributed by atoms with Gasteiger partial charge in [-0.05, 0) is 42.3 Å². The lowest BCUT2D eigenvalue weighted by molar-refractivity contribution is -0.384. The van der Waals surface area contributed by atoms with Gasteiger partial charge in [0.1, 0.15) is 5.82 Å². The topological polar surface area (TPSA) is 83.8 Å². The molecule has 1 fully saturated rings. The van der Waals surface area contributed by atoms with Crippen molar-refractivity contribution in [2.75, 3.05) is 31.1 Å². The molecular formula is C25H22FN3O4. The highest BCUT2D eigenvalue weighted by molar-refractivity contribution is 6.01. The van der Waals surface area contributed by atoms with Crippen LogP contribution in [0.1, 0.15) is 27.6 Å². The number of piperazine rings is 1. The van der Waals surface area contributed by atoms with Crippen LogP contribution in [-0.4, -0.2) is 47.7 Å². The van der Waals surface area contributed by atoms with Crippen LogP contribution < -0.4 is 4.90 Å². The SMILES string of the molecule is CC(=O)c1ccc(N2CCN(C(=O)c3cc([N+](=O)[O-])ccc3-c3ccccc3)CC2)c(F)c1. The monoisotopic (exact) mass is 447 g/mol. The summed E-state index contributed by atoms with van der Waals surface area (Å²) in [6, 6.07) is 18.0. The molecule has 1 amide bonds. The number of anilines is 1. The molecule has 1 heterocycles. The first-order chi connectivity index (χ1) is 15.8. The average Bonchev–Trinajstić information content (AvgIpc) is 2.83. The Morgan fingerprint density at radius 3 is 2.24 bits per heavy atom. The van der Waals surface area contributed by atoms with Crippen molar-refractivity contribution < 1.29 is 18.9 Å². The number of Topliss-reactive ketones (excluding diaryl/α,β-unsaturated/α-hetero) is 1. The molecule has 0 saturated carbocycles. The number of ketones is 1. The second-order valence-electron chi connectivity index (χ2n) is 7.85. The van der Waals surface area contributed by atoms with Crippen molar-refractivity contribution in [3.05, 3.63) is 93.8 Å². The van der Waals surface area contributed by atoms with Gasteiger partial charge in [0.15, 0.2) is 5.78 Å². The number of nitrogens with zero attached hydrogens (tertiary/aromatic N) is 3. The van der Waals surface area contributed by atoms with Crippen molar-refractivity contribution in [1.29, 1.82) is 0 Å². The highest BCUT2D eigenvalue weighted by Crippen LogP contribution is 2.29. The molecule has 1 aliphatic rings. The highest BCUT2D eigenvalue weighted by atomic mass is 19.1. The molecule has 8 heteroatoms. The molecule has 0 N–H and O–H groups in total. The minimum absolute atomic E-state index is 0.149. The van der Waals surface area contributed by atoms with Crippen molar-refractivity contribution in [2.45, 2.75) is 6.92 Å². The van der Waals surface area contributed by atoms with Crippen LogP contribution in [0.15, 0.2) is 66.7 Å². The predicted molar refractivity (Wildman–Crippen MR) is 123 cm³/mol. The normalized spacial score (nSPS) is 13.6. The van der Waals surface area contributed by atoms with Gasteiger partial charge in [0.05, 0.1) is 16.2 Å². The third-order valence-electron chi connectivity index (χ3n) is 5.79. The van der Waals surface area contributed by atoms with Gasteiger partial charge in [-0.2, -0.15) is 0 Å². The van der Waals surface area contributed by atoms with Crippen molar-refractivity contribution in [3.8, 4) is 11.1 Å². The summed E-state index contributed by atoms with van der Waals surface area (Å²) in [6.07, 6.45) is 0. The Labute approximate surface area is 190 Å².